The third kappa shape index (κ3) is 8.00. The molecule has 3 nitrogen and oxygen atoms in total. The first-order chi connectivity index (χ1) is 12.4. The van der Waals surface area contributed by atoms with Gasteiger partial charge in [0, 0.05) is 38.5 Å². The van der Waals surface area contributed by atoms with Gasteiger partial charge in [-0.1, -0.05) is 54.0 Å². The molecule has 1 heterocycles. The first-order valence-corrected chi connectivity index (χ1v) is 11.2. The Labute approximate surface area is 164 Å². The summed E-state index contributed by atoms with van der Waals surface area (Å²) in [7, 11) is 0. The van der Waals surface area contributed by atoms with Gasteiger partial charge >= 0.3 is 0 Å². The van der Waals surface area contributed by atoms with Crippen molar-refractivity contribution in [3.63, 3.8) is 0 Å². The number of nitrogens with zero attached hydrogens (tertiary/aromatic N) is 2. The van der Waals surface area contributed by atoms with E-state index in [4.69, 9.17) is 4.74 Å². The Morgan fingerprint density at radius 1 is 1.00 bits per heavy atom. The number of unbranched alkanes of at least 4 members (excludes halogenated alkanes) is 1. The molecule has 26 heavy (non-hydrogen) atoms. The van der Waals surface area contributed by atoms with Gasteiger partial charge in [-0.05, 0) is 50.5 Å². The smallest absolute Gasteiger partial charge is 0.0544 e. The molecule has 0 N–H and O–H groups in total. The molecule has 1 fully saturated rings. The summed E-state index contributed by atoms with van der Waals surface area (Å²) < 4.78 is 5.78. The fourth-order valence-corrected chi connectivity index (χ4v) is 3.90. The minimum atomic E-state index is 0.411. The highest BCUT2D eigenvalue weighted by molar-refractivity contribution is 5.02. The third-order valence-corrected chi connectivity index (χ3v) is 6.58. The van der Waals surface area contributed by atoms with Crippen LogP contribution in [0.5, 0.6) is 0 Å². The summed E-state index contributed by atoms with van der Waals surface area (Å²) in [4.78, 5) is 5.16. The van der Waals surface area contributed by atoms with Gasteiger partial charge < -0.3 is 9.64 Å². The van der Waals surface area contributed by atoms with E-state index in [2.05, 4.69) is 57.9 Å². The van der Waals surface area contributed by atoms with Gasteiger partial charge in [-0.2, -0.15) is 0 Å². The van der Waals surface area contributed by atoms with E-state index >= 15 is 0 Å². The second-order valence-electron chi connectivity index (χ2n) is 8.53. The molecular weight excluding hydrogens is 320 g/mol. The van der Waals surface area contributed by atoms with Gasteiger partial charge in [0.2, 0.25) is 0 Å². The van der Waals surface area contributed by atoms with E-state index in [9.17, 15) is 0 Å². The molecule has 0 radical (unpaired) electrons. The summed E-state index contributed by atoms with van der Waals surface area (Å²) in [6.07, 6.45) is 6.56. The molecule has 0 saturated carbocycles. The molecule has 3 heteroatoms. The largest absolute Gasteiger partial charge is 0.379 e. The van der Waals surface area contributed by atoms with E-state index in [0.29, 0.717) is 17.9 Å². The van der Waals surface area contributed by atoms with E-state index in [-0.39, 0.29) is 0 Å². The number of hydrogen-bond acceptors (Lipinski definition) is 3. The van der Waals surface area contributed by atoms with Crippen LogP contribution in [0.15, 0.2) is 12.3 Å². The van der Waals surface area contributed by atoms with Gasteiger partial charge in [-0.15, -0.1) is 0 Å². The Kier molecular flexibility index (Phi) is 11.5. The lowest BCUT2D eigenvalue weighted by Crippen LogP contribution is -2.47. The first-order valence-electron chi connectivity index (χ1n) is 11.2. The Morgan fingerprint density at radius 3 is 2.23 bits per heavy atom. The zero-order valence-electron chi connectivity index (χ0n) is 18.6. The normalized spacial score (nSPS) is 20.6. The lowest BCUT2D eigenvalue weighted by molar-refractivity contribution is 0.0582. The average Bonchev–Trinajstić information content (AvgIpc) is 2.66. The van der Waals surface area contributed by atoms with Crippen molar-refractivity contribution < 1.29 is 4.74 Å². The van der Waals surface area contributed by atoms with E-state index < -0.39 is 0 Å². The van der Waals surface area contributed by atoms with Crippen LogP contribution < -0.4 is 0 Å². The minimum absolute atomic E-state index is 0.411. The average molecular weight is 367 g/mol. The predicted molar refractivity (Wildman–Crippen MR) is 114 cm³/mol. The van der Waals surface area contributed by atoms with E-state index in [1.165, 1.54) is 51.0 Å². The van der Waals surface area contributed by atoms with Crippen LogP contribution in [0.3, 0.4) is 0 Å². The predicted octanol–water partition coefficient (Wildman–Crippen LogP) is 5.42. The van der Waals surface area contributed by atoms with Crippen LogP contribution in [0.25, 0.3) is 0 Å². The van der Waals surface area contributed by atoms with Gasteiger partial charge in [-0.3, -0.25) is 4.90 Å². The van der Waals surface area contributed by atoms with Crippen molar-refractivity contribution in [1.29, 1.82) is 0 Å². The fourth-order valence-electron chi connectivity index (χ4n) is 3.90. The summed E-state index contributed by atoms with van der Waals surface area (Å²) in [5.41, 5.74) is 1.36. The zero-order chi connectivity index (χ0) is 19.5. The quantitative estimate of drug-likeness (QED) is 0.405. The standard InChI is InChI=1S/C23H46N2O/c1-8-12-19(3)21(5)22(6)23(7)25-16-14-24(15-17-25)13-10-11-18-26-20(4)9-2/h19-22H,7-18H2,1-6H3. The number of allylic oxidation sites excluding steroid dienone is 1. The topological polar surface area (TPSA) is 15.7 Å². The molecule has 1 aliphatic heterocycles. The molecule has 0 aromatic rings. The molecule has 0 aromatic heterocycles. The molecule has 1 aliphatic rings. The highest BCUT2D eigenvalue weighted by Crippen LogP contribution is 2.30. The lowest BCUT2D eigenvalue weighted by Gasteiger charge is -2.40. The SMILES string of the molecule is C=C(C(C)C(C)C(C)CCC)N1CCN(CCCCOC(C)CC)CC1. The van der Waals surface area contributed by atoms with Crippen molar-refractivity contribution >= 4 is 0 Å². The number of rotatable bonds is 13. The van der Waals surface area contributed by atoms with Crippen LogP contribution >= 0.6 is 0 Å². The molecule has 4 atom stereocenters. The number of piperazine rings is 1. The molecule has 0 aromatic carbocycles. The molecule has 0 amide bonds. The third-order valence-electron chi connectivity index (χ3n) is 6.58. The molecule has 154 valence electrons. The molecule has 1 rings (SSSR count). The zero-order valence-corrected chi connectivity index (χ0v) is 18.6. The Morgan fingerprint density at radius 2 is 1.65 bits per heavy atom. The van der Waals surface area contributed by atoms with Gasteiger partial charge in [0.1, 0.15) is 0 Å². The summed E-state index contributed by atoms with van der Waals surface area (Å²) in [5.74, 6) is 2.08. The van der Waals surface area contributed by atoms with E-state index in [0.717, 1.165) is 32.0 Å². The highest BCUT2D eigenvalue weighted by Gasteiger charge is 2.26. The maximum absolute atomic E-state index is 5.78. The molecular formula is C23H46N2O. The number of ether oxygens (including phenoxy) is 1. The van der Waals surface area contributed by atoms with Crippen LogP contribution in [-0.2, 0) is 4.74 Å². The van der Waals surface area contributed by atoms with E-state index in [1.54, 1.807) is 0 Å². The monoisotopic (exact) mass is 366 g/mol. The van der Waals surface area contributed by atoms with Crippen LogP contribution in [0.4, 0.5) is 0 Å². The van der Waals surface area contributed by atoms with Crippen molar-refractivity contribution in [1.82, 2.24) is 9.80 Å². The minimum Gasteiger partial charge on any atom is -0.379 e. The van der Waals surface area contributed by atoms with Crippen molar-refractivity contribution in [3.8, 4) is 0 Å². The summed E-state index contributed by atoms with van der Waals surface area (Å²) in [6.45, 7) is 25.1. The van der Waals surface area contributed by atoms with Gasteiger partial charge in [0.25, 0.3) is 0 Å². The van der Waals surface area contributed by atoms with Crippen LogP contribution in [0, 0.1) is 17.8 Å². The summed E-state index contributed by atoms with van der Waals surface area (Å²) in [5, 5.41) is 0. The Balaban J connectivity index is 2.25. The lowest BCUT2D eigenvalue weighted by atomic mass is 9.81. The molecule has 0 spiro atoms. The summed E-state index contributed by atoms with van der Waals surface area (Å²) >= 11 is 0. The van der Waals surface area contributed by atoms with Crippen LogP contribution in [0.2, 0.25) is 0 Å². The summed E-state index contributed by atoms with van der Waals surface area (Å²) in [6, 6.07) is 0. The first kappa shape index (κ1) is 23.5. The second kappa shape index (κ2) is 12.8. The highest BCUT2D eigenvalue weighted by atomic mass is 16.5. The van der Waals surface area contributed by atoms with Gasteiger partial charge in [-0.25, -0.2) is 0 Å². The number of hydrogen-bond donors (Lipinski definition) is 0. The van der Waals surface area contributed by atoms with Crippen molar-refractivity contribution in [3.05, 3.63) is 12.3 Å². The Bertz CT molecular complexity index is 376. The molecule has 0 bridgehead atoms. The van der Waals surface area contributed by atoms with Crippen molar-refractivity contribution in [2.24, 2.45) is 17.8 Å². The second-order valence-corrected chi connectivity index (χ2v) is 8.53. The fraction of sp³-hybridized carbons (Fsp3) is 0.913. The van der Waals surface area contributed by atoms with Crippen molar-refractivity contribution in [2.45, 2.75) is 79.8 Å². The molecule has 4 unspecified atom stereocenters. The van der Waals surface area contributed by atoms with Gasteiger partial charge in [0.15, 0.2) is 0 Å². The Hall–Kier alpha value is -0.540. The van der Waals surface area contributed by atoms with Crippen LogP contribution in [-0.4, -0.2) is 55.2 Å². The maximum Gasteiger partial charge on any atom is 0.0544 e. The van der Waals surface area contributed by atoms with Crippen LogP contribution in [0.1, 0.15) is 73.6 Å². The molecule has 0 aliphatic carbocycles. The van der Waals surface area contributed by atoms with E-state index in [1.807, 2.05) is 0 Å². The molecule has 1 saturated heterocycles. The maximum atomic E-state index is 5.78. The van der Waals surface area contributed by atoms with Gasteiger partial charge in [0.05, 0.1) is 6.10 Å². The van der Waals surface area contributed by atoms with Crippen molar-refractivity contribution in [2.75, 3.05) is 39.3 Å².